The second kappa shape index (κ2) is 9.83. The maximum atomic E-state index is 12.4. The summed E-state index contributed by atoms with van der Waals surface area (Å²) in [5.74, 6) is -1.80. The maximum Gasteiger partial charge on any atom is 0.303 e. The van der Waals surface area contributed by atoms with Crippen LogP contribution in [0.2, 0.25) is 0 Å². The highest BCUT2D eigenvalue weighted by atomic mass is 16.4. The summed E-state index contributed by atoms with van der Waals surface area (Å²) in [4.78, 5) is 43.6. The summed E-state index contributed by atoms with van der Waals surface area (Å²) in [6.45, 7) is 1.52. The Morgan fingerprint density at radius 1 is 1.21 bits per heavy atom. The number of guanidine groups is 1. The minimum absolute atomic E-state index is 0.0903. The maximum absolute atomic E-state index is 12.4. The van der Waals surface area contributed by atoms with Crippen LogP contribution in [0.5, 0.6) is 0 Å². The third kappa shape index (κ3) is 6.61. The summed E-state index contributed by atoms with van der Waals surface area (Å²) in [7, 11) is 0. The minimum atomic E-state index is -0.949. The lowest BCUT2D eigenvalue weighted by Crippen LogP contribution is -2.41. The summed E-state index contributed by atoms with van der Waals surface area (Å²) < 4.78 is 0. The molecular weight excluding hydrogens is 376 g/mol. The molecule has 1 aromatic carbocycles. The molecule has 2 rings (SSSR count). The molecule has 7 N–H and O–H groups in total. The Hall–Kier alpha value is -3.95. The van der Waals surface area contributed by atoms with E-state index >= 15 is 0 Å². The molecule has 0 saturated heterocycles. The van der Waals surface area contributed by atoms with E-state index in [0.717, 1.165) is 0 Å². The molecular formula is C19H22N6O4. The molecule has 0 radical (unpaired) electrons. The smallest absolute Gasteiger partial charge is 0.303 e. The van der Waals surface area contributed by atoms with Crippen LogP contribution in [0, 0.1) is 0 Å². The molecule has 0 aliphatic heterocycles. The largest absolute Gasteiger partial charge is 0.481 e. The lowest BCUT2D eigenvalue weighted by molar-refractivity contribution is -0.137. The molecule has 2 aromatic rings. The van der Waals surface area contributed by atoms with Gasteiger partial charge in [-0.05, 0) is 43.2 Å². The zero-order valence-corrected chi connectivity index (χ0v) is 15.8. The number of rotatable bonds is 8. The van der Waals surface area contributed by atoms with Crippen molar-refractivity contribution in [1.29, 1.82) is 0 Å². The van der Waals surface area contributed by atoms with E-state index in [1.807, 2.05) is 0 Å². The summed E-state index contributed by atoms with van der Waals surface area (Å²) in [6, 6.07) is 8.77. The van der Waals surface area contributed by atoms with Crippen molar-refractivity contribution in [1.82, 2.24) is 10.3 Å². The average Bonchev–Trinajstić information content (AvgIpc) is 2.66. The molecule has 29 heavy (non-hydrogen) atoms. The molecule has 0 aliphatic rings. The fourth-order valence-electron chi connectivity index (χ4n) is 2.43. The Bertz CT molecular complexity index is 940. The van der Waals surface area contributed by atoms with Crippen molar-refractivity contribution in [2.75, 3.05) is 5.32 Å². The van der Waals surface area contributed by atoms with Crippen molar-refractivity contribution in [3.8, 4) is 0 Å². The number of aryl methyl sites for hydroxylation is 1. The number of pyridine rings is 1. The van der Waals surface area contributed by atoms with Crippen LogP contribution in [-0.2, 0) is 16.0 Å². The van der Waals surface area contributed by atoms with E-state index in [2.05, 4.69) is 20.6 Å². The molecule has 1 atom stereocenters. The second-order valence-electron chi connectivity index (χ2n) is 6.18. The topological polar surface area (TPSA) is 173 Å². The summed E-state index contributed by atoms with van der Waals surface area (Å²) >= 11 is 0. The van der Waals surface area contributed by atoms with Gasteiger partial charge in [0.1, 0.15) is 11.9 Å². The lowest BCUT2D eigenvalue weighted by Gasteiger charge is -2.15. The van der Waals surface area contributed by atoms with Gasteiger partial charge in [-0.15, -0.1) is 0 Å². The van der Waals surface area contributed by atoms with E-state index in [4.69, 9.17) is 16.6 Å². The van der Waals surface area contributed by atoms with Gasteiger partial charge in [-0.2, -0.15) is 0 Å². The third-order valence-corrected chi connectivity index (χ3v) is 3.85. The van der Waals surface area contributed by atoms with Crippen LogP contribution in [-0.4, -0.2) is 39.9 Å². The van der Waals surface area contributed by atoms with Gasteiger partial charge >= 0.3 is 5.97 Å². The number of anilines is 1. The average molecular weight is 398 g/mol. The van der Waals surface area contributed by atoms with Crippen LogP contribution in [0.25, 0.3) is 0 Å². The van der Waals surface area contributed by atoms with Gasteiger partial charge in [0.25, 0.3) is 5.91 Å². The zero-order chi connectivity index (χ0) is 21.4. The van der Waals surface area contributed by atoms with Crippen molar-refractivity contribution >= 4 is 35.2 Å². The second-order valence-corrected chi connectivity index (χ2v) is 6.18. The van der Waals surface area contributed by atoms with E-state index < -0.39 is 23.8 Å². The normalized spacial score (nSPS) is 11.2. The van der Waals surface area contributed by atoms with Crippen molar-refractivity contribution in [3.05, 3.63) is 53.7 Å². The predicted molar refractivity (Wildman–Crippen MR) is 108 cm³/mol. The molecule has 0 saturated carbocycles. The Morgan fingerprint density at radius 2 is 1.97 bits per heavy atom. The number of nitrogens with one attached hydrogen (secondary N) is 2. The van der Waals surface area contributed by atoms with Gasteiger partial charge in [0.15, 0.2) is 5.96 Å². The number of carboxylic acids is 1. The molecule has 10 nitrogen and oxygen atoms in total. The molecule has 1 unspecified atom stereocenters. The molecule has 0 aliphatic carbocycles. The first-order chi connectivity index (χ1) is 13.8. The number of nitrogens with zero attached hydrogens (tertiary/aromatic N) is 2. The number of carbonyl (C=O) groups is 3. The Labute approximate surface area is 167 Å². The summed E-state index contributed by atoms with van der Waals surface area (Å²) in [5.41, 5.74) is 11.9. The van der Waals surface area contributed by atoms with Crippen molar-refractivity contribution in [2.24, 2.45) is 16.5 Å². The minimum Gasteiger partial charge on any atom is -0.481 e. The Balaban J connectivity index is 2.03. The fourth-order valence-corrected chi connectivity index (χ4v) is 2.43. The highest BCUT2D eigenvalue weighted by Gasteiger charge is 2.18. The van der Waals surface area contributed by atoms with Crippen LogP contribution in [0.4, 0.5) is 11.5 Å². The zero-order valence-electron chi connectivity index (χ0n) is 15.8. The van der Waals surface area contributed by atoms with Crippen molar-refractivity contribution in [3.63, 3.8) is 0 Å². The third-order valence-electron chi connectivity index (χ3n) is 3.85. The number of hydrogen-bond acceptors (Lipinski definition) is 5. The van der Waals surface area contributed by atoms with Crippen LogP contribution in [0.3, 0.4) is 0 Å². The van der Waals surface area contributed by atoms with E-state index in [1.54, 1.807) is 30.3 Å². The number of aromatic nitrogens is 1. The number of aliphatic carboxylic acids is 1. The number of carboxylic acid groups (broad SMARTS) is 1. The molecule has 1 aromatic heterocycles. The number of benzene rings is 1. The molecule has 10 heteroatoms. The Morgan fingerprint density at radius 3 is 2.66 bits per heavy atom. The van der Waals surface area contributed by atoms with Gasteiger partial charge in [0.05, 0.1) is 5.69 Å². The highest BCUT2D eigenvalue weighted by Crippen LogP contribution is 2.15. The van der Waals surface area contributed by atoms with Gasteiger partial charge in [-0.1, -0.05) is 12.1 Å². The van der Waals surface area contributed by atoms with E-state index in [1.165, 1.54) is 19.2 Å². The van der Waals surface area contributed by atoms with Gasteiger partial charge < -0.3 is 27.2 Å². The molecule has 0 spiro atoms. The van der Waals surface area contributed by atoms with Gasteiger partial charge in [-0.25, -0.2) is 9.98 Å². The number of aliphatic imine (C=N–C) groups is 1. The van der Waals surface area contributed by atoms with Gasteiger partial charge in [0, 0.05) is 18.2 Å². The van der Waals surface area contributed by atoms with Crippen LogP contribution < -0.4 is 22.1 Å². The number of hydrogen-bond donors (Lipinski definition) is 5. The standard InChI is InChI=1S/C19H22N6O4/c1-11(23-18(29)13-4-2-6-14(10-13)24-19(20)21)17(28)25-16-12(5-3-9-22-16)7-8-15(26)27/h2-6,9-11H,7-8H2,1H3,(H,23,29)(H,26,27)(H4,20,21,24)(H,22,25,28). The van der Waals surface area contributed by atoms with Gasteiger partial charge in [0.2, 0.25) is 5.91 Å². The highest BCUT2D eigenvalue weighted by molar-refractivity contribution is 6.01. The SMILES string of the molecule is CC(NC(=O)c1cccc(N=C(N)N)c1)C(=O)Nc1ncccc1CCC(=O)O. The van der Waals surface area contributed by atoms with E-state index in [0.29, 0.717) is 11.3 Å². The first-order valence-corrected chi connectivity index (χ1v) is 8.73. The first-order valence-electron chi connectivity index (χ1n) is 8.73. The predicted octanol–water partition coefficient (Wildman–Crippen LogP) is 0.761. The van der Waals surface area contributed by atoms with Crippen LogP contribution in [0.1, 0.15) is 29.3 Å². The van der Waals surface area contributed by atoms with Crippen molar-refractivity contribution < 1.29 is 19.5 Å². The molecule has 0 bridgehead atoms. The number of nitrogens with two attached hydrogens (primary N) is 2. The summed E-state index contributed by atoms with van der Waals surface area (Å²) in [5, 5.41) is 14.0. The summed E-state index contributed by atoms with van der Waals surface area (Å²) in [6.07, 6.45) is 1.61. The first kappa shape index (κ1) is 21.4. The van der Waals surface area contributed by atoms with E-state index in [9.17, 15) is 14.4 Å². The van der Waals surface area contributed by atoms with E-state index in [-0.39, 0.29) is 30.2 Å². The van der Waals surface area contributed by atoms with Gasteiger partial charge in [-0.3, -0.25) is 14.4 Å². The lowest BCUT2D eigenvalue weighted by atomic mass is 10.1. The Kier molecular flexibility index (Phi) is 7.24. The van der Waals surface area contributed by atoms with Crippen molar-refractivity contribution in [2.45, 2.75) is 25.8 Å². The molecule has 1 heterocycles. The number of carbonyl (C=O) groups excluding carboxylic acids is 2. The van der Waals surface area contributed by atoms with Crippen LogP contribution >= 0.6 is 0 Å². The van der Waals surface area contributed by atoms with Crippen LogP contribution in [0.15, 0.2) is 47.6 Å². The fraction of sp³-hybridized carbons (Fsp3) is 0.211. The molecule has 2 amide bonds. The number of amides is 2. The quantitative estimate of drug-likeness (QED) is 0.322. The molecule has 0 fully saturated rings. The monoisotopic (exact) mass is 398 g/mol. The molecule has 152 valence electrons.